The van der Waals surface area contributed by atoms with Crippen molar-refractivity contribution in [2.75, 3.05) is 42.7 Å². The second-order valence-corrected chi connectivity index (χ2v) is 20.0. The Bertz CT molecular complexity index is 1750. The van der Waals surface area contributed by atoms with E-state index in [-0.39, 0.29) is 11.3 Å². The molecule has 0 spiro atoms. The Kier molecular flexibility index (Phi) is 9.86. The minimum atomic E-state index is -2.09. The third kappa shape index (κ3) is 7.67. The number of fused-ring (bicyclic) bond motifs is 1. The van der Waals surface area contributed by atoms with Crippen LogP contribution in [-0.4, -0.2) is 82.3 Å². The van der Waals surface area contributed by atoms with E-state index in [0.717, 1.165) is 49.3 Å². The largest absolute Gasteiger partial charge is 0.443 e. The topological polar surface area (TPSA) is 121 Å². The van der Waals surface area contributed by atoms with E-state index in [4.69, 9.17) is 28.7 Å². The third-order valence-electron chi connectivity index (χ3n) is 9.47. The summed E-state index contributed by atoms with van der Waals surface area (Å²) in [5, 5.41) is 9.67. The molecular formula is C35H50N8O5Si. The molecule has 13 nitrogen and oxygen atoms in total. The van der Waals surface area contributed by atoms with Crippen molar-refractivity contribution in [3.05, 3.63) is 48.7 Å². The maximum Gasteiger partial charge on any atom is 0.420 e. The molecule has 1 unspecified atom stereocenters. The lowest BCUT2D eigenvalue weighted by atomic mass is 10.2. The number of carbonyl (C=O) groups excluding carboxylic acids is 1. The number of ether oxygens (including phenoxy) is 3. The van der Waals surface area contributed by atoms with Gasteiger partial charge in [0.25, 0.3) is 0 Å². The van der Waals surface area contributed by atoms with Crippen LogP contribution in [0.15, 0.2) is 43.0 Å². The molecule has 14 heteroatoms. The highest BCUT2D eigenvalue weighted by atomic mass is 28.4. The highest BCUT2D eigenvalue weighted by Gasteiger charge is 2.38. The zero-order valence-electron chi connectivity index (χ0n) is 30.1. The van der Waals surface area contributed by atoms with Gasteiger partial charge in [-0.15, -0.1) is 0 Å². The first-order chi connectivity index (χ1) is 23.2. The average Bonchev–Trinajstić information content (AvgIpc) is 3.72. The molecule has 4 aromatic rings. The molecule has 2 saturated heterocycles. The summed E-state index contributed by atoms with van der Waals surface area (Å²) in [6.07, 6.45) is 7.46. The molecule has 1 aromatic carbocycles. The van der Waals surface area contributed by atoms with Crippen LogP contribution >= 0.6 is 0 Å². The molecule has 264 valence electrons. The van der Waals surface area contributed by atoms with Gasteiger partial charge in [0, 0.05) is 37.1 Å². The van der Waals surface area contributed by atoms with Gasteiger partial charge in [0.15, 0.2) is 19.8 Å². The minimum absolute atomic E-state index is 0.0378. The summed E-state index contributed by atoms with van der Waals surface area (Å²) in [5.74, 6) is 0.303. The van der Waals surface area contributed by atoms with E-state index >= 15 is 0 Å². The third-order valence-corrected chi connectivity index (χ3v) is 13.9. The smallest absolute Gasteiger partial charge is 0.420 e. The Morgan fingerprint density at radius 2 is 1.76 bits per heavy atom. The molecular weight excluding hydrogens is 641 g/mol. The molecule has 1 amide bonds. The SMILES string of the molecule is CC(C)(C)OC(=O)N(c1ccc(N2CCOCC2)cc1)c1ncc(-c2cn(C3CCCCO3)nc2CO[Si](C)(C)C(C)(C)C)n2ncnc12. The number of anilines is 3. The maximum atomic E-state index is 13.9. The first kappa shape index (κ1) is 35.0. The van der Waals surface area contributed by atoms with Gasteiger partial charge in [-0.1, -0.05) is 20.8 Å². The number of carbonyl (C=O) groups is 1. The Morgan fingerprint density at radius 1 is 1.02 bits per heavy atom. The number of nitrogens with zero attached hydrogens (tertiary/aromatic N) is 8. The van der Waals surface area contributed by atoms with E-state index < -0.39 is 20.0 Å². The van der Waals surface area contributed by atoms with E-state index in [9.17, 15) is 4.79 Å². The van der Waals surface area contributed by atoms with Gasteiger partial charge >= 0.3 is 6.09 Å². The monoisotopic (exact) mass is 690 g/mol. The highest BCUT2D eigenvalue weighted by molar-refractivity contribution is 6.74. The molecule has 5 heterocycles. The zero-order chi connectivity index (χ0) is 35.0. The van der Waals surface area contributed by atoms with Gasteiger partial charge in [-0.05, 0) is 82.4 Å². The van der Waals surface area contributed by atoms with E-state index in [1.165, 1.54) is 11.2 Å². The van der Waals surface area contributed by atoms with Gasteiger partial charge in [-0.3, -0.25) is 0 Å². The van der Waals surface area contributed by atoms with Crippen LogP contribution in [0.3, 0.4) is 0 Å². The van der Waals surface area contributed by atoms with Crippen LogP contribution < -0.4 is 9.80 Å². The van der Waals surface area contributed by atoms with Crippen LogP contribution in [-0.2, 0) is 25.2 Å². The van der Waals surface area contributed by atoms with Gasteiger partial charge in [0.2, 0.25) is 0 Å². The molecule has 2 aliphatic rings. The summed E-state index contributed by atoms with van der Waals surface area (Å²) in [4.78, 5) is 27.1. The second-order valence-electron chi connectivity index (χ2n) is 15.2. The van der Waals surface area contributed by atoms with E-state index in [1.807, 2.05) is 55.9 Å². The van der Waals surface area contributed by atoms with Gasteiger partial charge in [-0.25, -0.2) is 28.9 Å². The fraction of sp³-hybridized carbons (Fsp3) is 0.571. The summed E-state index contributed by atoms with van der Waals surface area (Å²) in [6.45, 7) is 20.7. The summed E-state index contributed by atoms with van der Waals surface area (Å²) in [7, 11) is -2.09. The van der Waals surface area contributed by atoms with Crippen molar-refractivity contribution >= 4 is 37.3 Å². The normalized spacial score (nSPS) is 17.8. The van der Waals surface area contributed by atoms with Crippen LogP contribution in [0.5, 0.6) is 0 Å². The maximum absolute atomic E-state index is 13.9. The molecule has 0 radical (unpaired) electrons. The number of benzene rings is 1. The first-order valence-electron chi connectivity index (χ1n) is 17.2. The Balaban J connectivity index is 1.41. The van der Waals surface area contributed by atoms with Crippen LogP contribution in [0.2, 0.25) is 18.1 Å². The van der Waals surface area contributed by atoms with Crippen molar-refractivity contribution < 1.29 is 23.4 Å². The molecule has 0 N–H and O–H groups in total. The molecule has 3 aromatic heterocycles. The van der Waals surface area contributed by atoms with Crippen molar-refractivity contribution in [2.45, 2.75) is 97.4 Å². The Labute approximate surface area is 289 Å². The summed E-state index contributed by atoms with van der Waals surface area (Å²) >= 11 is 0. The van der Waals surface area contributed by atoms with Crippen molar-refractivity contribution in [1.82, 2.24) is 29.4 Å². The molecule has 49 heavy (non-hydrogen) atoms. The lowest BCUT2D eigenvalue weighted by molar-refractivity contribution is -0.0398. The summed E-state index contributed by atoms with van der Waals surface area (Å²) in [6, 6.07) is 7.82. The van der Waals surface area contributed by atoms with Gasteiger partial charge < -0.3 is 23.5 Å². The Hall–Kier alpha value is -3.85. The lowest BCUT2D eigenvalue weighted by Crippen LogP contribution is -2.40. The van der Waals surface area contributed by atoms with Gasteiger partial charge in [0.1, 0.15) is 18.2 Å². The number of morpholine rings is 1. The molecule has 6 rings (SSSR count). The standard InChI is InChI=1S/C35H50N8O5Si/c1-34(2,3)48-33(44)42(26-14-12-25(13-15-26)40-16-19-45-20-17-40)31-32-37-24-38-43(32)29(21-36-31)27-22-41(30-11-9-10-18-46-30)39-28(27)23-47-49(7,8)35(4,5)6/h12-15,21-22,24,30H,9-11,16-20,23H2,1-8H3. The number of amides is 1. The molecule has 1 atom stereocenters. The molecule has 0 saturated carbocycles. The quantitative estimate of drug-likeness (QED) is 0.177. The van der Waals surface area contributed by atoms with Crippen molar-refractivity contribution in [3.8, 4) is 11.3 Å². The highest BCUT2D eigenvalue weighted by Crippen LogP contribution is 2.39. The summed E-state index contributed by atoms with van der Waals surface area (Å²) in [5.41, 5.74) is 3.59. The Morgan fingerprint density at radius 3 is 2.41 bits per heavy atom. The molecule has 2 aliphatic heterocycles. The molecule has 2 fully saturated rings. The second kappa shape index (κ2) is 13.8. The zero-order valence-corrected chi connectivity index (χ0v) is 31.1. The van der Waals surface area contributed by atoms with E-state index in [2.05, 4.69) is 48.8 Å². The number of hydrogen-bond donors (Lipinski definition) is 0. The predicted octanol–water partition coefficient (Wildman–Crippen LogP) is 7.12. The molecule has 0 aliphatic carbocycles. The molecule has 0 bridgehead atoms. The van der Waals surface area contributed by atoms with E-state index in [0.29, 0.717) is 49.3 Å². The van der Waals surface area contributed by atoms with Crippen molar-refractivity contribution in [3.63, 3.8) is 0 Å². The van der Waals surface area contributed by atoms with Crippen LogP contribution in [0.4, 0.5) is 22.0 Å². The van der Waals surface area contributed by atoms with Crippen molar-refractivity contribution in [1.29, 1.82) is 0 Å². The lowest BCUT2D eigenvalue weighted by Gasteiger charge is -2.36. The van der Waals surface area contributed by atoms with Gasteiger partial charge in [0.05, 0.1) is 43.1 Å². The fourth-order valence-electron chi connectivity index (χ4n) is 5.70. The van der Waals surface area contributed by atoms with Crippen LogP contribution in [0, 0.1) is 0 Å². The van der Waals surface area contributed by atoms with E-state index in [1.54, 1.807) is 10.7 Å². The average molecular weight is 691 g/mol. The predicted molar refractivity (Wildman–Crippen MR) is 191 cm³/mol. The fourth-order valence-corrected chi connectivity index (χ4v) is 6.63. The van der Waals surface area contributed by atoms with Crippen LogP contribution in [0.25, 0.3) is 16.9 Å². The van der Waals surface area contributed by atoms with Gasteiger partial charge in [-0.2, -0.15) is 10.2 Å². The first-order valence-corrected chi connectivity index (χ1v) is 20.1. The number of aromatic nitrogens is 6. The minimum Gasteiger partial charge on any atom is -0.443 e. The summed E-state index contributed by atoms with van der Waals surface area (Å²) < 4.78 is 27.8. The van der Waals surface area contributed by atoms with Crippen LogP contribution in [0.1, 0.15) is 72.7 Å². The van der Waals surface area contributed by atoms with Crippen molar-refractivity contribution in [2.24, 2.45) is 0 Å². The number of hydrogen-bond acceptors (Lipinski definition) is 10. The number of rotatable bonds is 8.